The number of aromatic hydroxyl groups is 10. The summed E-state index contributed by atoms with van der Waals surface area (Å²) in [4.78, 5) is 0. The first-order chi connectivity index (χ1) is 33.3. The van der Waals surface area contributed by atoms with E-state index < -0.39 is 48.1 Å². The Balaban J connectivity index is 1.15. The lowest BCUT2D eigenvalue weighted by atomic mass is 9.73. The summed E-state index contributed by atoms with van der Waals surface area (Å²) in [5.74, 6) is -3.40. The Bertz CT molecular complexity index is 3200. The van der Waals surface area contributed by atoms with Crippen molar-refractivity contribution in [2.75, 3.05) is 0 Å². The maximum absolute atomic E-state index is 12.4. The third-order valence-electron chi connectivity index (χ3n) is 13.6. The Morgan fingerprint density at radius 2 is 0.681 bits per heavy atom. The SMILES string of the molecule is Oc1ccc(C2Oc3cc(O)c(C4C(c5ccc(O)cc5)OC(c5ccc(O)cc5)C4c4cc(O)cc(O)c4)cc3C2c2cc(O)cc3c2C(c2cc(O)cc(O)c2)C(c2ccc(O)cc2)O3)cc1. The zero-order valence-electron chi connectivity index (χ0n) is 36.3. The number of ether oxygens (including phenoxy) is 3. The summed E-state index contributed by atoms with van der Waals surface area (Å²) in [6.07, 6.45) is -3.25. The Labute approximate surface area is 394 Å². The molecule has 8 aromatic rings. The Morgan fingerprint density at radius 3 is 1.17 bits per heavy atom. The van der Waals surface area contributed by atoms with E-state index in [9.17, 15) is 51.1 Å². The standard InChI is InChI=1S/C56H44O13/c57-33-9-1-27(2-10-33)53-48(31-17-37(61)21-38(62)18-31)51-44(23-41(65)24-47(51)68-53)50-43-25-42(45(66)26-46(43)67-55(50)29-5-13-35(59)14-6-29)52-49(32-19-39(63)22-40(64)20-32)54(28-3-11-34(58)12-4-28)69-56(52)30-7-15-36(60)16-8-30/h1-26,48-50,52-66H. The summed E-state index contributed by atoms with van der Waals surface area (Å²) in [6.45, 7) is 0. The van der Waals surface area contributed by atoms with E-state index in [1.165, 1.54) is 97.1 Å². The highest BCUT2D eigenvalue weighted by Gasteiger charge is 2.51. The number of hydrogen-bond acceptors (Lipinski definition) is 13. The van der Waals surface area contributed by atoms with E-state index in [0.29, 0.717) is 67.1 Å². The molecule has 11 rings (SSSR count). The van der Waals surface area contributed by atoms with Gasteiger partial charge in [-0.25, -0.2) is 0 Å². The van der Waals surface area contributed by atoms with Gasteiger partial charge in [0, 0.05) is 52.8 Å². The highest BCUT2D eigenvalue weighted by molar-refractivity contribution is 5.64. The molecule has 0 saturated carbocycles. The van der Waals surface area contributed by atoms with Crippen LogP contribution in [0.1, 0.15) is 104 Å². The molecule has 69 heavy (non-hydrogen) atoms. The van der Waals surface area contributed by atoms with Gasteiger partial charge in [-0.3, -0.25) is 0 Å². The van der Waals surface area contributed by atoms with Gasteiger partial charge in [-0.1, -0.05) is 48.5 Å². The Kier molecular flexibility index (Phi) is 10.3. The number of hydrogen-bond donors (Lipinski definition) is 10. The van der Waals surface area contributed by atoms with Crippen molar-refractivity contribution in [1.82, 2.24) is 0 Å². The van der Waals surface area contributed by atoms with E-state index in [0.717, 1.165) is 0 Å². The fraction of sp³-hybridized carbons (Fsp3) is 0.143. The molecule has 0 spiro atoms. The molecule has 0 bridgehead atoms. The van der Waals surface area contributed by atoms with Crippen LogP contribution in [0.15, 0.2) is 158 Å². The minimum Gasteiger partial charge on any atom is -0.508 e. The number of fused-ring (bicyclic) bond motifs is 2. The van der Waals surface area contributed by atoms with Gasteiger partial charge in [0.25, 0.3) is 0 Å². The average Bonchev–Trinajstić information content (AvgIpc) is 4.01. The van der Waals surface area contributed by atoms with E-state index in [4.69, 9.17) is 14.2 Å². The van der Waals surface area contributed by atoms with Gasteiger partial charge in [-0.05, 0) is 124 Å². The first kappa shape index (κ1) is 42.9. The largest absolute Gasteiger partial charge is 0.508 e. The van der Waals surface area contributed by atoms with Crippen LogP contribution in [-0.4, -0.2) is 51.1 Å². The molecule has 3 aliphatic heterocycles. The lowest BCUT2D eigenvalue weighted by molar-refractivity contribution is 0.0365. The van der Waals surface area contributed by atoms with Crippen LogP contribution < -0.4 is 9.47 Å². The molecule has 1 fully saturated rings. The average molecular weight is 925 g/mol. The Hall–Kier alpha value is -8.68. The second-order valence-electron chi connectivity index (χ2n) is 17.9. The van der Waals surface area contributed by atoms with Crippen LogP contribution in [0.4, 0.5) is 0 Å². The number of phenolic OH excluding ortho intramolecular Hbond substituents is 10. The van der Waals surface area contributed by atoms with Crippen LogP contribution in [0, 0.1) is 0 Å². The van der Waals surface area contributed by atoms with Crippen LogP contribution in [0.5, 0.6) is 69.0 Å². The van der Waals surface area contributed by atoms with Gasteiger partial charge in [0.15, 0.2) is 0 Å². The van der Waals surface area contributed by atoms with Crippen LogP contribution >= 0.6 is 0 Å². The third kappa shape index (κ3) is 7.68. The monoisotopic (exact) mass is 924 g/mol. The van der Waals surface area contributed by atoms with Crippen LogP contribution in [-0.2, 0) is 4.74 Å². The van der Waals surface area contributed by atoms with Gasteiger partial charge in [-0.15, -0.1) is 0 Å². The first-order valence-corrected chi connectivity index (χ1v) is 22.2. The minimum absolute atomic E-state index is 0.0200. The maximum Gasteiger partial charge on any atom is 0.135 e. The van der Waals surface area contributed by atoms with E-state index in [1.54, 1.807) is 54.6 Å². The van der Waals surface area contributed by atoms with Gasteiger partial charge < -0.3 is 65.3 Å². The molecule has 8 atom stereocenters. The van der Waals surface area contributed by atoms with Gasteiger partial charge in [0.1, 0.15) is 81.2 Å². The van der Waals surface area contributed by atoms with Crippen molar-refractivity contribution in [3.05, 3.63) is 213 Å². The highest BCUT2D eigenvalue weighted by Crippen LogP contribution is 2.64. The Morgan fingerprint density at radius 1 is 0.275 bits per heavy atom. The summed E-state index contributed by atoms with van der Waals surface area (Å²) in [6, 6.07) is 41.1. The minimum atomic E-state index is -0.844. The molecule has 8 unspecified atom stereocenters. The summed E-state index contributed by atoms with van der Waals surface area (Å²) in [7, 11) is 0. The number of rotatable bonds is 8. The van der Waals surface area contributed by atoms with Crippen LogP contribution in [0.25, 0.3) is 0 Å². The van der Waals surface area contributed by atoms with Crippen molar-refractivity contribution >= 4 is 0 Å². The van der Waals surface area contributed by atoms with Gasteiger partial charge in [0.2, 0.25) is 0 Å². The number of benzene rings is 8. The second-order valence-corrected chi connectivity index (χ2v) is 17.9. The normalized spacial score (nSPS) is 22.4. The molecule has 10 N–H and O–H groups in total. The fourth-order valence-electron chi connectivity index (χ4n) is 10.7. The molecule has 1 saturated heterocycles. The van der Waals surface area contributed by atoms with Crippen molar-refractivity contribution in [2.45, 2.75) is 48.1 Å². The lowest BCUT2D eigenvalue weighted by Gasteiger charge is -2.28. The molecule has 0 aliphatic carbocycles. The summed E-state index contributed by atoms with van der Waals surface area (Å²) in [5, 5.41) is 109. The molecule has 8 aromatic carbocycles. The van der Waals surface area contributed by atoms with Crippen LogP contribution in [0.2, 0.25) is 0 Å². The zero-order valence-corrected chi connectivity index (χ0v) is 36.3. The molecule has 13 nitrogen and oxygen atoms in total. The lowest BCUT2D eigenvalue weighted by Crippen LogP contribution is -2.16. The van der Waals surface area contributed by atoms with E-state index in [1.807, 2.05) is 6.07 Å². The molecule has 346 valence electrons. The summed E-state index contributed by atoms with van der Waals surface area (Å²) < 4.78 is 20.6. The van der Waals surface area contributed by atoms with E-state index in [-0.39, 0.29) is 57.5 Å². The highest BCUT2D eigenvalue weighted by atomic mass is 16.5. The quantitative estimate of drug-likeness (QED) is 0.0685. The molecule has 3 aliphatic rings. The molecular weight excluding hydrogens is 881 g/mol. The van der Waals surface area contributed by atoms with Gasteiger partial charge in [0.05, 0.1) is 24.0 Å². The van der Waals surface area contributed by atoms with Crippen molar-refractivity contribution in [1.29, 1.82) is 0 Å². The zero-order chi connectivity index (χ0) is 47.8. The first-order valence-electron chi connectivity index (χ1n) is 22.2. The van der Waals surface area contributed by atoms with Crippen molar-refractivity contribution in [3.63, 3.8) is 0 Å². The topological polar surface area (TPSA) is 230 Å². The summed E-state index contributed by atoms with van der Waals surface area (Å²) in [5.41, 5.74) is 5.67. The number of phenols is 10. The van der Waals surface area contributed by atoms with Crippen molar-refractivity contribution < 1.29 is 65.3 Å². The van der Waals surface area contributed by atoms with Gasteiger partial charge >= 0.3 is 0 Å². The molecule has 3 heterocycles. The molecule has 13 heteroatoms. The molecule has 0 radical (unpaired) electrons. The fourth-order valence-corrected chi connectivity index (χ4v) is 10.7. The predicted molar refractivity (Wildman–Crippen MR) is 251 cm³/mol. The molecule has 0 aromatic heterocycles. The second kappa shape index (κ2) is 16.6. The summed E-state index contributed by atoms with van der Waals surface area (Å²) >= 11 is 0. The van der Waals surface area contributed by atoms with Gasteiger partial charge in [-0.2, -0.15) is 0 Å². The molecular formula is C56H44O13. The van der Waals surface area contributed by atoms with E-state index in [2.05, 4.69) is 0 Å². The van der Waals surface area contributed by atoms with E-state index >= 15 is 0 Å². The maximum atomic E-state index is 12.4. The van der Waals surface area contributed by atoms with Crippen molar-refractivity contribution in [2.24, 2.45) is 0 Å². The predicted octanol–water partition coefficient (Wildman–Crippen LogP) is 10.7. The van der Waals surface area contributed by atoms with Crippen LogP contribution in [0.3, 0.4) is 0 Å². The smallest absolute Gasteiger partial charge is 0.135 e. The molecule has 0 amide bonds. The third-order valence-corrected chi connectivity index (χ3v) is 13.6. The van der Waals surface area contributed by atoms with Crippen molar-refractivity contribution in [3.8, 4) is 69.0 Å².